The molecular weight excluding hydrogens is 302 g/mol. The van der Waals surface area contributed by atoms with Gasteiger partial charge in [0, 0.05) is 10.2 Å². The molecular formula is C11H10BrN3O3. The van der Waals surface area contributed by atoms with Crippen LogP contribution in [0.4, 0.5) is 10.5 Å². The molecule has 1 aliphatic heterocycles. The Morgan fingerprint density at radius 1 is 1.44 bits per heavy atom. The molecule has 0 spiro atoms. The van der Waals surface area contributed by atoms with Crippen molar-refractivity contribution in [1.82, 2.24) is 10.2 Å². The Labute approximate surface area is 111 Å². The summed E-state index contributed by atoms with van der Waals surface area (Å²) in [7, 11) is 0. The highest BCUT2D eigenvalue weighted by Crippen LogP contribution is 2.15. The molecule has 1 aromatic rings. The van der Waals surface area contributed by atoms with Gasteiger partial charge in [-0.2, -0.15) is 0 Å². The minimum absolute atomic E-state index is 0.0786. The number of carbonyl (C=O) groups excluding carboxylic acids is 3. The third kappa shape index (κ3) is 3.07. The summed E-state index contributed by atoms with van der Waals surface area (Å²) in [6, 6.07) is 6.56. The van der Waals surface area contributed by atoms with Crippen molar-refractivity contribution < 1.29 is 14.4 Å². The van der Waals surface area contributed by atoms with Gasteiger partial charge < -0.3 is 10.2 Å². The fraction of sp³-hybridized carbons (Fsp3) is 0.182. The van der Waals surface area contributed by atoms with Gasteiger partial charge in [0.1, 0.15) is 13.1 Å². The molecule has 4 amide bonds. The molecule has 0 saturated carbocycles. The molecule has 1 fully saturated rings. The predicted octanol–water partition coefficient (Wildman–Crippen LogP) is 0.939. The standard InChI is InChI=1S/C11H10BrN3O3/c12-7-2-1-3-8(4-7)13-9(16)5-15-6-10(17)14-11(15)18/h1-4H,5-6H2,(H,13,16)(H,14,17,18). The Morgan fingerprint density at radius 2 is 2.22 bits per heavy atom. The van der Waals surface area contributed by atoms with Crippen molar-refractivity contribution in [2.45, 2.75) is 0 Å². The topological polar surface area (TPSA) is 78.5 Å². The zero-order chi connectivity index (χ0) is 13.1. The van der Waals surface area contributed by atoms with Crippen molar-refractivity contribution in [3.8, 4) is 0 Å². The second-order valence-electron chi connectivity index (χ2n) is 3.77. The van der Waals surface area contributed by atoms with Gasteiger partial charge in [0.05, 0.1) is 0 Å². The molecule has 2 N–H and O–H groups in total. The van der Waals surface area contributed by atoms with Crippen molar-refractivity contribution in [2.75, 3.05) is 18.4 Å². The van der Waals surface area contributed by atoms with Crippen molar-refractivity contribution in [2.24, 2.45) is 0 Å². The number of benzene rings is 1. The lowest BCUT2D eigenvalue weighted by molar-refractivity contribution is -0.119. The second kappa shape index (κ2) is 5.18. The smallest absolute Gasteiger partial charge is 0.325 e. The number of halogens is 1. The zero-order valence-corrected chi connectivity index (χ0v) is 10.9. The molecule has 0 atom stereocenters. The Hall–Kier alpha value is -1.89. The van der Waals surface area contributed by atoms with E-state index in [9.17, 15) is 14.4 Å². The first-order chi connectivity index (χ1) is 8.54. The number of carbonyl (C=O) groups is 3. The van der Waals surface area contributed by atoms with Gasteiger partial charge in [0.25, 0.3) is 0 Å². The summed E-state index contributed by atoms with van der Waals surface area (Å²) in [6.45, 7) is -0.227. The Balaban J connectivity index is 1.93. The van der Waals surface area contributed by atoms with Crippen LogP contribution in [-0.4, -0.2) is 35.8 Å². The Bertz CT molecular complexity index is 518. The molecule has 18 heavy (non-hydrogen) atoms. The monoisotopic (exact) mass is 311 g/mol. The summed E-state index contributed by atoms with van der Waals surface area (Å²) in [5.74, 6) is -0.742. The molecule has 6 nitrogen and oxygen atoms in total. The van der Waals surface area contributed by atoms with Crippen LogP contribution in [0.2, 0.25) is 0 Å². The van der Waals surface area contributed by atoms with E-state index >= 15 is 0 Å². The molecule has 7 heteroatoms. The molecule has 94 valence electrons. The van der Waals surface area contributed by atoms with Gasteiger partial charge in [0.2, 0.25) is 11.8 Å². The van der Waals surface area contributed by atoms with Gasteiger partial charge in [-0.25, -0.2) is 4.79 Å². The number of nitrogens with one attached hydrogen (secondary N) is 2. The van der Waals surface area contributed by atoms with Crippen LogP contribution in [0.5, 0.6) is 0 Å². The molecule has 0 radical (unpaired) electrons. The van der Waals surface area contributed by atoms with Crippen LogP contribution in [0.15, 0.2) is 28.7 Å². The summed E-state index contributed by atoms with van der Waals surface area (Å²) >= 11 is 3.29. The minimum Gasteiger partial charge on any atom is -0.325 e. The van der Waals surface area contributed by atoms with Crippen LogP contribution in [0.25, 0.3) is 0 Å². The average Bonchev–Trinajstić information content (AvgIpc) is 2.57. The summed E-state index contributed by atoms with van der Waals surface area (Å²) in [5, 5.41) is 4.75. The van der Waals surface area contributed by atoms with E-state index in [1.54, 1.807) is 18.2 Å². The first-order valence-corrected chi connectivity index (χ1v) is 5.98. The highest BCUT2D eigenvalue weighted by atomic mass is 79.9. The molecule has 0 bridgehead atoms. The molecule has 2 rings (SSSR count). The van der Waals surface area contributed by atoms with E-state index in [4.69, 9.17) is 0 Å². The van der Waals surface area contributed by atoms with Crippen LogP contribution >= 0.6 is 15.9 Å². The lowest BCUT2D eigenvalue weighted by Gasteiger charge is -2.12. The third-order valence-corrected chi connectivity index (χ3v) is 2.80. The van der Waals surface area contributed by atoms with E-state index in [2.05, 4.69) is 26.6 Å². The third-order valence-electron chi connectivity index (χ3n) is 2.31. The van der Waals surface area contributed by atoms with Crippen molar-refractivity contribution in [1.29, 1.82) is 0 Å². The summed E-state index contributed by atoms with van der Waals surface area (Å²) in [6.07, 6.45) is 0. The summed E-state index contributed by atoms with van der Waals surface area (Å²) in [5.41, 5.74) is 0.625. The lowest BCUT2D eigenvalue weighted by Crippen LogP contribution is -2.35. The first-order valence-electron chi connectivity index (χ1n) is 5.19. The van der Waals surface area contributed by atoms with Crippen molar-refractivity contribution in [3.05, 3.63) is 28.7 Å². The number of urea groups is 1. The molecule has 1 aliphatic rings. The van der Waals surface area contributed by atoms with Crippen molar-refractivity contribution in [3.63, 3.8) is 0 Å². The number of amides is 4. The largest absolute Gasteiger partial charge is 0.325 e. The van der Waals surface area contributed by atoms with Crippen molar-refractivity contribution >= 4 is 39.5 Å². The van der Waals surface area contributed by atoms with Gasteiger partial charge in [-0.1, -0.05) is 22.0 Å². The van der Waals surface area contributed by atoms with E-state index < -0.39 is 11.9 Å². The maximum atomic E-state index is 11.7. The van der Waals surface area contributed by atoms with E-state index in [0.717, 1.165) is 9.37 Å². The Morgan fingerprint density at radius 3 is 2.83 bits per heavy atom. The Kier molecular flexibility index (Phi) is 3.61. The summed E-state index contributed by atoms with van der Waals surface area (Å²) < 4.78 is 0.842. The molecule has 1 aromatic carbocycles. The van der Waals surface area contributed by atoms with Crippen LogP contribution < -0.4 is 10.6 Å². The summed E-state index contributed by atoms with van der Waals surface area (Å²) in [4.78, 5) is 35.0. The van der Waals surface area contributed by atoms with Crippen LogP contribution in [0.3, 0.4) is 0 Å². The number of imide groups is 1. The van der Waals surface area contributed by atoms with Crippen LogP contribution in [0.1, 0.15) is 0 Å². The number of anilines is 1. The van der Waals surface area contributed by atoms with E-state index in [0.29, 0.717) is 5.69 Å². The maximum Gasteiger partial charge on any atom is 0.325 e. The maximum absolute atomic E-state index is 11.7. The fourth-order valence-corrected chi connectivity index (χ4v) is 1.95. The number of nitrogens with zero attached hydrogens (tertiary/aromatic N) is 1. The average molecular weight is 312 g/mol. The molecule has 1 saturated heterocycles. The zero-order valence-electron chi connectivity index (χ0n) is 9.27. The van der Waals surface area contributed by atoms with Gasteiger partial charge in [-0.3, -0.25) is 14.9 Å². The number of rotatable bonds is 3. The van der Waals surface area contributed by atoms with Gasteiger partial charge >= 0.3 is 6.03 Å². The van der Waals surface area contributed by atoms with Crippen LogP contribution in [-0.2, 0) is 9.59 Å². The SMILES string of the molecule is O=C1CN(CC(=O)Nc2cccc(Br)c2)C(=O)N1. The van der Waals surface area contributed by atoms with E-state index in [1.165, 1.54) is 0 Å². The van der Waals surface area contributed by atoms with Gasteiger partial charge in [-0.05, 0) is 18.2 Å². The molecule has 1 heterocycles. The van der Waals surface area contributed by atoms with E-state index in [1.807, 2.05) is 6.07 Å². The lowest BCUT2D eigenvalue weighted by atomic mass is 10.3. The second-order valence-corrected chi connectivity index (χ2v) is 4.68. The minimum atomic E-state index is -0.538. The quantitative estimate of drug-likeness (QED) is 0.815. The predicted molar refractivity (Wildman–Crippen MR) is 67.9 cm³/mol. The van der Waals surface area contributed by atoms with Crippen LogP contribution in [0, 0.1) is 0 Å². The molecule has 0 aliphatic carbocycles. The number of hydrogen-bond acceptors (Lipinski definition) is 3. The highest BCUT2D eigenvalue weighted by molar-refractivity contribution is 9.10. The number of hydrogen-bond donors (Lipinski definition) is 2. The molecule has 0 aromatic heterocycles. The highest BCUT2D eigenvalue weighted by Gasteiger charge is 2.28. The van der Waals surface area contributed by atoms with Gasteiger partial charge in [-0.15, -0.1) is 0 Å². The fourth-order valence-electron chi connectivity index (χ4n) is 1.55. The van der Waals surface area contributed by atoms with Gasteiger partial charge in [0.15, 0.2) is 0 Å². The van der Waals surface area contributed by atoms with E-state index in [-0.39, 0.29) is 19.0 Å². The normalized spacial score (nSPS) is 14.6. The molecule has 0 unspecified atom stereocenters. The first kappa shape index (κ1) is 12.6.